The standard InChI is InChI=1S/C24H31ClN2O2/c1-5-6-12-26-24(29)19(4)27(16-21-8-7-9-22(25)14-21)23(28)15-20-11-10-17(2)18(3)13-20/h7-11,13-14,19H,5-6,12,15-16H2,1-4H3,(H,26,29). The molecule has 5 heteroatoms. The van der Waals surface area contributed by atoms with E-state index in [-0.39, 0.29) is 18.2 Å². The Labute approximate surface area is 179 Å². The quantitative estimate of drug-likeness (QED) is 0.597. The van der Waals surface area contributed by atoms with E-state index in [0.29, 0.717) is 18.1 Å². The van der Waals surface area contributed by atoms with Crippen LogP contribution in [0.4, 0.5) is 0 Å². The number of carbonyl (C=O) groups excluding carboxylic acids is 2. The lowest BCUT2D eigenvalue weighted by molar-refractivity contribution is -0.140. The molecule has 156 valence electrons. The largest absolute Gasteiger partial charge is 0.354 e. The zero-order valence-corrected chi connectivity index (χ0v) is 18.6. The van der Waals surface area contributed by atoms with Crippen molar-refractivity contribution in [2.24, 2.45) is 0 Å². The van der Waals surface area contributed by atoms with Crippen LogP contribution in [0.3, 0.4) is 0 Å². The molecular weight excluding hydrogens is 384 g/mol. The number of hydrogen-bond donors (Lipinski definition) is 1. The summed E-state index contributed by atoms with van der Waals surface area (Å²) in [4.78, 5) is 27.5. The summed E-state index contributed by atoms with van der Waals surface area (Å²) >= 11 is 6.11. The van der Waals surface area contributed by atoms with E-state index in [1.54, 1.807) is 17.9 Å². The molecule has 0 bridgehead atoms. The van der Waals surface area contributed by atoms with Crippen LogP contribution in [0.25, 0.3) is 0 Å². The van der Waals surface area contributed by atoms with Crippen molar-refractivity contribution < 1.29 is 9.59 Å². The molecule has 0 spiro atoms. The summed E-state index contributed by atoms with van der Waals surface area (Å²) in [6.45, 7) is 8.91. The topological polar surface area (TPSA) is 49.4 Å². The molecule has 4 nitrogen and oxygen atoms in total. The minimum Gasteiger partial charge on any atom is -0.354 e. The van der Waals surface area contributed by atoms with Crippen molar-refractivity contribution in [3.05, 3.63) is 69.7 Å². The van der Waals surface area contributed by atoms with E-state index in [2.05, 4.69) is 19.2 Å². The summed E-state index contributed by atoms with van der Waals surface area (Å²) in [6.07, 6.45) is 2.18. The third-order valence-corrected chi connectivity index (χ3v) is 5.40. The number of rotatable bonds is 9. The van der Waals surface area contributed by atoms with E-state index in [1.807, 2.05) is 43.3 Å². The highest BCUT2D eigenvalue weighted by Crippen LogP contribution is 2.17. The first-order valence-electron chi connectivity index (χ1n) is 10.2. The summed E-state index contributed by atoms with van der Waals surface area (Å²) in [5.41, 5.74) is 4.20. The minimum absolute atomic E-state index is 0.0774. The number of halogens is 1. The highest BCUT2D eigenvalue weighted by molar-refractivity contribution is 6.30. The van der Waals surface area contributed by atoms with E-state index in [9.17, 15) is 9.59 Å². The number of unbranched alkanes of at least 4 members (excludes halogenated alkanes) is 1. The van der Waals surface area contributed by atoms with E-state index >= 15 is 0 Å². The summed E-state index contributed by atoms with van der Waals surface area (Å²) < 4.78 is 0. The Balaban J connectivity index is 2.20. The molecule has 2 amide bonds. The summed E-state index contributed by atoms with van der Waals surface area (Å²) in [6, 6.07) is 12.9. The molecule has 2 aromatic rings. The number of nitrogens with one attached hydrogen (secondary N) is 1. The summed E-state index contributed by atoms with van der Waals surface area (Å²) in [7, 11) is 0. The number of hydrogen-bond acceptors (Lipinski definition) is 2. The first kappa shape index (κ1) is 23.0. The highest BCUT2D eigenvalue weighted by Gasteiger charge is 2.26. The third kappa shape index (κ3) is 6.90. The lowest BCUT2D eigenvalue weighted by Crippen LogP contribution is -2.48. The van der Waals surface area contributed by atoms with Crippen molar-refractivity contribution in [1.29, 1.82) is 0 Å². The zero-order chi connectivity index (χ0) is 21.4. The monoisotopic (exact) mass is 414 g/mol. The molecule has 1 N–H and O–H groups in total. The molecule has 1 atom stereocenters. The minimum atomic E-state index is -0.565. The third-order valence-electron chi connectivity index (χ3n) is 5.17. The zero-order valence-electron chi connectivity index (χ0n) is 17.8. The summed E-state index contributed by atoms with van der Waals surface area (Å²) in [5.74, 6) is -0.208. The van der Waals surface area contributed by atoms with Gasteiger partial charge in [0.2, 0.25) is 11.8 Å². The summed E-state index contributed by atoms with van der Waals surface area (Å²) in [5, 5.41) is 3.55. The SMILES string of the molecule is CCCCNC(=O)C(C)N(Cc1cccc(Cl)c1)C(=O)Cc1ccc(C)c(C)c1. The van der Waals surface area contributed by atoms with Gasteiger partial charge < -0.3 is 10.2 Å². The molecule has 0 aromatic heterocycles. The van der Waals surface area contributed by atoms with E-state index in [1.165, 1.54) is 5.56 Å². The molecule has 0 aliphatic carbocycles. The molecule has 0 heterocycles. The second kappa shape index (κ2) is 11.0. The molecule has 2 aromatic carbocycles. The molecular formula is C24H31ClN2O2. The van der Waals surface area contributed by atoms with Gasteiger partial charge in [-0.25, -0.2) is 0 Å². The van der Waals surface area contributed by atoms with Crippen molar-refractivity contribution in [3.8, 4) is 0 Å². The Bertz CT molecular complexity index is 851. The van der Waals surface area contributed by atoms with Crippen LogP contribution >= 0.6 is 11.6 Å². The van der Waals surface area contributed by atoms with Crippen molar-refractivity contribution >= 4 is 23.4 Å². The Morgan fingerprint density at radius 3 is 2.48 bits per heavy atom. The predicted octanol–water partition coefficient (Wildman–Crippen LogP) is 4.83. The van der Waals surface area contributed by atoms with Gasteiger partial charge in [0, 0.05) is 18.1 Å². The molecule has 0 aliphatic rings. The molecule has 0 aliphatic heterocycles. The van der Waals surface area contributed by atoms with Gasteiger partial charge >= 0.3 is 0 Å². The van der Waals surface area contributed by atoms with Gasteiger partial charge in [0.1, 0.15) is 6.04 Å². The van der Waals surface area contributed by atoms with Gasteiger partial charge in [-0.1, -0.05) is 55.3 Å². The molecule has 29 heavy (non-hydrogen) atoms. The number of aryl methyl sites for hydroxylation is 2. The molecule has 2 rings (SSSR count). The van der Waals surface area contributed by atoms with Gasteiger partial charge in [-0.15, -0.1) is 0 Å². The lowest BCUT2D eigenvalue weighted by Gasteiger charge is -2.29. The van der Waals surface area contributed by atoms with Gasteiger partial charge in [0.15, 0.2) is 0 Å². The van der Waals surface area contributed by atoms with Crippen molar-refractivity contribution in [2.45, 2.75) is 59.5 Å². The second-order valence-corrected chi connectivity index (χ2v) is 8.00. The van der Waals surface area contributed by atoms with Crippen LogP contribution in [0.2, 0.25) is 5.02 Å². The maximum atomic E-state index is 13.2. The number of carbonyl (C=O) groups is 2. The Morgan fingerprint density at radius 1 is 1.07 bits per heavy atom. The Kier molecular flexibility index (Phi) is 8.71. The van der Waals surface area contributed by atoms with Gasteiger partial charge in [-0.05, 0) is 61.6 Å². The normalized spacial score (nSPS) is 11.8. The average Bonchev–Trinajstić information content (AvgIpc) is 2.68. The van der Waals surface area contributed by atoms with Crippen LogP contribution in [0.15, 0.2) is 42.5 Å². The van der Waals surface area contributed by atoms with Crippen molar-refractivity contribution in [2.75, 3.05) is 6.54 Å². The molecule has 0 fully saturated rings. The van der Waals surface area contributed by atoms with Gasteiger partial charge in [0.25, 0.3) is 0 Å². The van der Waals surface area contributed by atoms with Crippen LogP contribution in [0.5, 0.6) is 0 Å². The van der Waals surface area contributed by atoms with Gasteiger partial charge in [-0.3, -0.25) is 9.59 Å². The first-order chi connectivity index (χ1) is 13.8. The fourth-order valence-corrected chi connectivity index (χ4v) is 3.35. The maximum absolute atomic E-state index is 13.2. The van der Waals surface area contributed by atoms with Crippen molar-refractivity contribution in [3.63, 3.8) is 0 Å². The van der Waals surface area contributed by atoms with E-state index in [0.717, 1.165) is 29.5 Å². The molecule has 0 saturated carbocycles. The lowest BCUT2D eigenvalue weighted by atomic mass is 10.0. The van der Waals surface area contributed by atoms with Crippen LogP contribution in [0, 0.1) is 13.8 Å². The predicted molar refractivity (Wildman–Crippen MR) is 119 cm³/mol. The Hall–Kier alpha value is -2.33. The maximum Gasteiger partial charge on any atom is 0.242 e. The van der Waals surface area contributed by atoms with E-state index in [4.69, 9.17) is 11.6 Å². The molecule has 1 unspecified atom stereocenters. The fourth-order valence-electron chi connectivity index (χ4n) is 3.14. The second-order valence-electron chi connectivity index (χ2n) is 7.57. The smallest absolute Gasteiger partial charge is 0.242 e. The van der Waals surface area contributed by atoms with Crippen LogP contribution < -0.4 is 5.32 Å². The number of nitrogens with zero attached hydrogens (tertiary/aromatic N) is 1. The number of amides is 2. The number of benzene rings is 2. The Morgan fingerprint density at radius 2 is 1.83 bits per heavy atom. The van der Waals surface area contributed by atoms with Crippen LogP contribution in [-0.2, 0) is 22.6 Å². The molecule has 0 saturated heterocycles. The van der Waals surface area contributed by atoms with Gasteiger partial charge in [0.05, 0.1) is 6.42 Å². The first-order valence-corrected chi connectivity index (χ1v) is 10.6. The van der Waals surface area contributed by atoms with E-state index < -0.39 is 6.04 Å². The van der Waals surface area contributed by atoms with Crippen molar-refractivity contribution in [1.82, 2.24) is 10.2 Å². The molecule has 0 radical (unpaired) electrons. The highest BCUT2D eigenvalue weighted by atomic mass is 35.5. The average molecular weight is 415 g/mol. The van der Waals surface area contributed by atoms with Gasteiger partial charge in [-0.2, -0.15) is 0 Å². The fraction of sp³-hybridized carbons (Fsp3) is 0.417. The van der Waals surface area contributed by atoms with Crippen LogP contribution in [-0.4, -0.2) is 29.3 Å². The van der Waals surface area contributed by atoms with Crippen LogP contribution in [0.1, 0.15) is 48.9 Å².